The third-order valence-corrected chi connectivity index (χ3v) is 3.81. The lowest BCUT2D eigenvalue weighted by Crippen LogP contribution is -2.22. The van der Waals surface area contributed by atoms with Gasteiger partial charge in [0.25, 0.3) is 0 Å². The van der Waals surface area contributed by atoms with Crippen molar-refractivity contribution in [2.24, 2.45) is 0 Å². The Balaban J connectivity index is 2.26. The van der Waals surface area contributed by atoms with Crippen molar-refractivity contribution in [2.75, 3.05) is 19.0 Å². The molecule has 2 aromatic rings. The van der Waals surface area contributed by atoms with Crippen molar-refractivity contribution in [3.8, 4) is 0 Å². The van der Waals surface area contributed by atoms with E-state index in [1.807, 2.05) is 50.6 Å². The molecule has 1 N–H and O–H groups in total. The van der Waals surface area contributed by atoms with Crippen LogP contribution in [0.2, 0.25) is 5.02 Å². The van der Waals surface area contributed by atoms with Gasteiger partial charge in [0.15, 0.2) is 0 Å². The summed E-state index contributed by atoms with van der Waals surface area (Å²) < 4.78 is 0. The lowest BCUT2D eigenvalue weighted by Gasteiger charge is -2.24. The monoisotopic (exact) mass is 289 g/mol. The zero-order chi connectivity index (χ0) is 14.5. The first-order chi connectivity index (χ1) is 9.63. The van der Waals surface area contributed by atoms with Crippen LogP contribution in [0.1, 0.15) is 24.1 Å². The molecule has 0 fully saturated rings. The highest BCUT2D eigenvalue weighted by atomic mass is 35.5. The molecule has 0 aliphatic heterocycles. The maximum Gasteiger partial charge on any atom is 0.133 e. The summed E-state index contributed by atoms with van der Waals surface area (Å²) in [5, 5.41) is 4.05. The van der Waals surface area contributed by atoms with Crippen molar-refractivity contribution < 1.29 is 0 Å². The number of benzene rings is 1. The van der Waals surface area contributed by atoms with Gasteiger partial charge in [-0.1, -0.05) is 35.9 Å². The lowest BCUT2D eigenvalue weighted by atomic mass is 10.1. The fraction of sp³-hybridized carbons (Fsp3) is 0.312. The fourth-order valence-corrected chi connectivity index (χ4v) is 2.37. The van der Waals surface area contributed by atoms with E-state index in [0.717, 1.165) is 22.9 Å². The molecule has 0 bridgehead atoms. The summed E-state index contributed by atoms with van der Waals surface area (Å²) in [4.78, 5) is 6.65. The predicted molar refractivity (Wildman–Crippen MR) is 85.3 cm³/mol. The van der Waals surface area contributed by atoms with Crippen LogP contribution in [0.4, 0.5) is 5.82 Å². The maximum absolute atomic E-state index is 6.23. The molecule has 0 amide bonds. The molecule has 0 aliphatic carbocycles. The first kappa shape index (κ1) is 14.8. The molecule has 0 aliphatic rings. The van der Waals surface area contributed by atoms with E-state index in [9.17, 15) is 0 Å². The van der Waals surface area contributed by atoms with Crippen molar-refractivity contribution in [3.05, 3.63) is 58.7 Å². The van der Waals surface area contributed by atoms with Crippen molar-refractivity contribution in [3.63, 3.8) is 0 Å². The number of pyridine rings is 1. The Hall–Kier alpha value is -1.58. The Bertz CT molecular complexity index is 571. The summed E-state index contributed by atoms with van der Waals surface area (Å²) in [6.07, 6.45) is 1.82. The van der Waals surface area contributed by atoms with Crippen LogP contribution in [0, 0.1) is 0 Å². The quantitative estimate of drug-likeness (QED) is 0.911. The average Bonchev–Trinajstić information content (AvgIpc) is 2.48. The van der Waals surface area contributed by atoms with Gasteiger partial charge in [0.2, 0.25) is 0 Å². The lowest BCUT2D eigenvalue weighted by molar-refractivity contribution is 0.646. The Labute approximate surface area is 125 Å². The first-order valence-electron chi connectivity index (χ1n) is 6.70. The minimum atomic E-state index is 0.257. The van der Waals surface area contributed by atoms with Gasteiger partial charge in [-0.05, 0) is 31.7 Å². The van der Waals surface area contributed by atoms with Gasteiger partial charge in [-0.25, -0.2) is 4.98 Å². The molecule has 106 valence electrons. The third kappa shape index (κ3) is 3.30. The number of aromatic nitrogens is 1. The van der Waals surface area contributed by atoms with Gasteiger partial charge in [0.05, 0.1) is 0 Å². The van der Waals surface area contributed by atoms with Crippen LogP contribution < -0.4 is 10.2 Å². The van der Waals surface area contributed by atoms with Crippen LogP contribution in [0.3, 0.4) is 0 Å². The summed E-state index contributed by atoms with van der Waals surface area (Å²) in [5.74, 6) is 0.981. The smallest absolute Gasteiger partial charge is 0.133 e. The van der Waals surface area contributed by atoms with Gasteiger partial charge in [-0.2, -0.15) is 0 Å². The van der Waals surface area contributed by atoms with Crippen LogP contribution in [0.5, 0.6) is 0 Å². The second-order valence-electron chi connectivity index (χ2n) is 4.87. The SMILES string of the molecule is CNC(C)c1cccnc1N(C)Cc1ccccc1Cl. The molecule has 1 heterocycles. The highest BCUT2D eigenvalue weighted by Gasteiger charge is 2.14. The van der Waals surface area contributed by atoms with Gasteiger partial charge >= 0.3 is 0 Å². The van der Waals surface area contributed by atoms with E-state index in [1.54, 1.807) is 0 Å². The van der Waals surface area contributed by atoms with E-state index in [-0.39, 0.29) is 6.04 Å². The molecule has 0 saturated carbocycles. The second kappa shape index (κ2) is 6.73. The molecule has 1 aromatic carbocycles. The number of nitrogens with zero attached hydrogens (tertiary/aromatic N) is 2. The van der Waals surface area contributed by atoms with Crippen LogP contribution in [-0.2, 0) is 6.54 Å². The normalized spacial score (nSPS) is 12.2. The van der Waals surface area contributed by atoms with Crippen LogP contribution in [0.15, 0.2) is 42.6 Å². The second-order valence-corrected chi connectivity index (χ2v) is 5.28. The number of anilines is 1. The number of hydrogen-bond acceptors (Lipinski definition) is 3. The van der Waals surface area contributed by atoms with Crippen LogP contribution in [0.25, 0.3) is 0 Å². The number of nitrogens with one attached hydrogen (secondary N) is 1. The Morgan fingerprint density at radius 2 is 2.00 bits per heavy atom. The zero-order valence-corrected chi connectivity index (χ0v) is 12.9. The topological polar surface area (TPSA) is 28.2 Å². The summed E-state index contributed by atoms with van der Waals surface area (Å²) in [6, 6.07) is 12.2. The molecular formula is C16H20ClN3. The standard InChI is InChI=1S/C16H20ClN3/c1-12(18-2)14-8-6-10-19-16(14)20(3)11-13-7-4-5-9-15(13)17/h4-10,12,18H,11H2,1-3H3. The molecule has 1 atom stereocenters. The van der Waals surface area contributed by atoms with Crippen LogP contribution >= 0.6 is 11.6 Å². The summed E-state index contributed by atoms with van der Waals surface area (Å²) in [5.41, 5.74) is 2.29. The molecule has 20 heavy (non-hydrogen) atoms. The van der Waals surface area contributed by atoms with E-state index in [2.05, 4.69) is 28.2 Å². The molecule has 1 aromatic heterocycles. The highest BCUT2D eigenvalue weighted by Crippen LogP contribution is 2.25. The van der Waals surface area contributed by atoms with Crippen LogP contribution in [-0.4, -0.2) is 19.1 Å². The predicted octanol–water partition coefficient (Wildman–Crippen LogP) is 3.65. The molecule has 4 heteroatoms. The molecule has 0 saturated heterocycles. The van der Waals surface area contributed by atoms with E-state index in [1.165, 1.54) is 5.56 Å². The molecule has 1 unspecified atom stereocenters. The highest BCUT2D eigenvalue weighted by molar-refractivity contribution is 6.31. The Morgan fingerprint density at radius 3 is 2.70 bits per heavy atom. The molecule has 0 radical (unpaired) electrons. The fourth-order valence-electron chi connectivity index (χ4n) is 2.18. The molecule has 0 spiro atoms. The average molecular weight is 290 g/mol. The minimum absolute atomic E-state index is 0.257. The zero-order valence-electron chi connectivity index (χ0n) is 12.1. The summed E-state index contributed by atoms with van der Waals surface area (Å²) >= 11 is 6.23. The molecule has 2 rings (SSSR count). The Morgan fingerprint density at radius 1 is 1.25 bits per heavy atom. The first-order valence-corrected chi connectivity index (χ1v) is 7.08. The van der Waals surface area contributed by atoms with Crippen molar-refractivity contribution in [1.82, 2.24) is 10.3 Å². The molecule has 3 nitrogen and oxygen atoms in total. The van der Waals surface area contributed by atoms with Crippen molar-refractivity contribution in [1.29, 1.82) is 0 Å². The van der Waals surface area contributed by atoms with Gasteiger partial charge in [0.1, 0.15) is 5.82 Å². The number of hydrogen-bond donors (Lipinski definition) is 1. The maximum atomic E-state index is 6.23. The largest absolute Gasteiger partial charge is 0.355 e. The van der Waals surface area contributed by atoms with E-state index < -0.39 is 0 Å². The van der Waals surface area contributed by atoms with Gasteiger partial charge in [-0.15, -0.1) is 0 Å². The van der Waals surface area contributed by atoms with Crippen molar-refractivity contribution in [2.45, 2.75) is 19.5 Å². The van der Waals surface area contributed by atoms with E-state index in [4.69, 9.17) is 11.6 Å². The summed E-state index contributed by atoms with van der Waals surface area (Å²) in [6.45, 7) is 2.87. The number of rotatable bonds is 5. The molecular weight excluding hydrogens is 270 g/mol. The van der Waals surface area contributed by atoms with Gasteiger partial charge in [0, 0.05) is 36.4 Å². The number of halogens is 1. The summed E-state index contributed by atoms with van der Waals surface area (Å²) in [7, 11) is 3.99. The van der Waals surface area contributed by atoms with E-state index >= 15 is 0 Å². The van der Waals surface area contributed by atoms with E-state index in [0.29, 0.717) is 0 Å². The third-order valence-electron chi connectivity index (χ3n) is 3.44. The van der Waals surface area contributed by atoms with Crippen molar-refractivity contribution >= 4 is 17.4 Å². The Kier molecular flexibility index (Phi) is 4.99. The van der Waals surface area contributed by atoms with Gasteiger partial charge < -0.3 is 10.2 Å². The minimum Gasteiger partial charge on any atom is -0.355 e. The van der Waals surface area contributed by atoms with Gasteiger partial charge in [-0.3, -0.25) is 0 Å².